The molecule has 0 aliphatic carbocycles. The average Bonchev–Trinajstić information content (AvgIpc) is 3.32. The molecule has 4 aromatic carbocycles. The standard InChI is InChI=1S/C53H62O18Si/c1-31-21-23-37(24-22-31)50(59)70-45-43(30-62-72(53(7,8)9,40-17-13-11-14-18-40)41-19-15-12-16-20-41)69-51(67-39-27-25-38(60-10)26-28-39)49(66-36(6)58)47(45)71-52-48(65-35(5)57)46(64-34(4)56)44(63-33(3)55)42(68-52)29-61-32(2)54/h11-28,42-49,51-52H,29-30H2,1-10H3/t42-,43-,44+,45+,46+,47+,48-,49-,51+,52-/m1/s1. The fourth-order valence-corrected chi connectivity index (χ4v) is 13.4. The number of methoxy groups -OCH3 is 1. The van der Waals surface area contributed by atoms with Gasteiger partial charge in [-0.2, -0.15) is 0 Å². The number of rotatable bonds is 18. The molecule has 0 saturated carbocycles. The van der Waals surface area contributed by atoms with Gasteiger partial charge in [-0.05, 0) is 58.7 Å². The normalized spacial score (nSPS) is 24.1. The van der Waals surface area contributed by atoms with Crippen molar-refractivity contribution < 1.29 is 85.3 Å². The summed E-state index contributed by atoms with van der Waals surface area (Å²) in [5, 5.41) is 1.28. The first kappa shape index (κ1) is 54.7. The molecule has 2 heterocycles. The van der Waals surface area contributed by atoms with Crippen LogP contribution in [0.4, 0.5) is 0 Å². The lowest BCUT2D eigenvalue weighted by molar-refractivity contribution is -0.353. The summed E-state index contributed by atoms with van der Waals surface area (Å²) in [5.74, 6) is -4.33. The number of hydrogen-bond acceptors (Lipinski definition) is 18. The highest BCUT2D eigenvalue weighted by Crippen LogP contribution is 2.40. The Hall–Kier alpha value is -6.64. The van der Waals surface area contributed by atoms with E-state index in [1.807, 2.05) is 67.6 Å². The molecule has 2 aliphatic rings. The molecule has 2 saturated heterocycles. The fourth-order valence-electron chi connectivity index (χ4n) is 8.81. The summed E-state index contributed by atoms with van der Waals surface area (Å²) in [5.41, 5.74) is 1.00. The second-order valence-corrected chi connectivity index (χ2v) is 22.6. The highest BCUT2D eigenvalue weighted by molar-refractivity contribution is 6.99. The van der Waals surface area contributed by atoms with Gasteiger partial charge >= 0.3 is 35.8 Å². The quantitative estimate of drug-likeness (QED) is 0.0702. The zero-order valence-corrected chi connectivity index (χ0v) is 42.9. The van der Waals surface area contributed by atoms with Crippen molar-refractivity contribution in [2.24, 2.45) is 0 Å². The highest BCUT2D eigenvalue weighted by atomic mass is 28.4. The Morgan fingerprint density at radius 3 is 1.47 bits per heavy atom. The molecule has 0 aromatic heterocycles. The molecule has 0 amide bonds. The molecular formula is C53H62O18Si. The van der Waals surface area contributed by atoms with Crippen LogP contribution in [-0.2, 0) is 71.0 Å². The highest BCUT2D eigenvalue weighted by Gasteiger charge is 2.59. The minimum Gasteiger partial charge on any atom is -0.497 e. The molecule has 19 heteroatoms. The predicted octanol–water partition coefficient (Wildman–Crippen LogP) is 5.31. The Morgan fingerprint density at radius 1 is 0.514 bits per heavy atom. The number of ether oxygens (including phenoxy) is 11. The molecule has 2 fully saturated rings. The molecule has 6 rings (SSSR count). The first-order valence-electron chi connectivity index (χ1n) is 23.3. The van der Waals surface area contributed by atoms with Gasteiger partial charge in [0.2, 0.25) is 6.29 Å². The molecular weight excluding hydrogens is 953 g/mol. The smallest absolute Gasteiger partial charge is 0.338 e. The lowest BCUT2D eigenvalue weighted by Gasteiger charge is -2.49. The van der Waals surface area contributed by atoms with E-state index in [0.29, 0.717) is 5.75 Å². The Labute approximate surface area is 419 Å². The monoisotopic (exact) mass is 1010 g/mol. The van der Waals surface area contributed by atoms with Gasteiger partial charge in [0, 0.05) is 34.6 Å². The van der Waals surface area contributed by atoms with Gasteiger partial charge in [-0.25, -0.2) is 4.79 Å². The van der Waals surface area contributed by atoms with Crippen LogP contribution in [0.5, 0.6) is 11.5 Å². The maximum Gasteiger partial charge on any atom is 0.338 e. The summed E-state index contributed by atoms with van der Waals surface area (Å²) in [6.07, 6.45) is -16.1. The number of carbonyl (C=O) groups is 6. The summed E-state index contributed by atoms with van der Waals surface area (Å²) >= 11 is 0. The summed E-state index contributed by atoms with van der Waals surface area (Å²) in [7, 11) is -1.90. The summed E-state index contributed by atoms with van der Waals surface area (Å²) in [6, 6.07) is 32.6. The van der Waals surface area contributed by atoms with E-state index in [-0.39, 0.29) is 17.9 Å². The topological polar surface area (TPSA) is 213 Å². The molecule has 0 bridgehead atoms. The van der Waals surface area contributed by atoms with E-state index in [0.717, 1.165) is 50.6 Å². The number of carbonyl (C=O) groups excluding carboxylic acids is 6. The lowest BCUT2D eigenvalue weighted by Crippen LogP contribution is -2.70. The minimum absolute atomic E-state index is 0.138. The molecule has 386 valence electrons. The number of benzene rings is 4. The summed E-state index contributed by atoms with van der Waals surface area (Å²) in [6.45, 7) is 12.7. The second kappa shape index (κ2) is 24.2. The van der Waals surface area contributed by atoms with E-state index in [1.165, 1.54) is 7.11 Å². The molecule has 0 N–H and O–H groups in total. The SMILES string of the molecule is COc1ccc(O[C@H]2O[C@H](CO[Si](c3ccccc3)(c3ccccc3)C(C)(C)C)[C@H](OC(=O)c3ccc(C)cc3)[C@H](O[C@H]3O[C@H](COC(C)=O)[C@H](OC(C)=O)[C@H](OC(C)=O)[C@H]3OC(C)=O)[C@H]2OC(C)=O)cc1. The molecule has 72 heavy (non-hydrogen) atoms. The molecule has 18 nitrogen and oxygen atoms in total. The van der Waals surface area contributed by atoms with Gasteiger partial charge in [0.1, 0.15) is 36.4 Å². The maximum atomic E-state index is 14.5. The number of aryl methyl sites for hydroxylation is 1. The van der Waals surface area contributed by atoms with Crippen LogP contribution in [-0.4, -0.2) is 126 Å². The van der Waals surface area contributed by atoms with Crippen molar-refractivity contribution in [3.8, 4) is 11.5 Å². The zero-order valence-electron chi connectivity index (χ0n) is 41.9. The van der Waals surface area contributed by atoms with E-state index >= 15 is 0 Å². The second-order valence-electron chi connectivity index (χ2n) is 18.3. The average molecular weight is 1020 g/mol. The van der Waals surface area contributed by atoms with Gasteiger partial charge in [0.25, 0.3) is 8.32 Å². The van der Waals surface area contributed by atoms with Gasteiger partial charge < -0.3 is 56.5 Å². The van der Waals surface area contributed by atoms with Crippen LogP contribution in [0.3, 0.4) is 0 Å². The molecule has 0 spiro atoms. The molecule has 10 atom stereocenters. The molecule has 0 unspecified atom stereocenters. The minimum atomic E-state index is -3.41. The summed E-state index contributed by atoms with van der Waals surface area (Å²) in [4.78, 5) is 78.5. The van der Waals surface area contributed by atoms with E-state index in [1.54, 1.807) is 48.5 Å². The van der Waals surface area contributed by atoms with Gasteiger partial charge in [0.15, 0.2) is 36.8 Å². The largest absolute Gasteiger partial charge is 0.497 e. The van der Waals surface area contributed by atoms with Crippen LogP contribution in [0.2, 0.25) is 5.04 Å². The van der Waals surface area contributed by atoms with Gasteiger partial charge in [-0.1, -0.05) is 99.1 Å². The Morgan fingerprint density at radius 2 is 0.972 bits per heavy atom. The third-order valence-electron chi connectivity index (χ3n) is 11.9. The van der Waals surface area contributed by atoms with Crippen molar-refractivity contribution in [2.45, 2.75) is 129 Å². The third-order valence-corrected chi connectivity index (χ3v) is 16.9. The van der Waals surface area contributed by atoms with Crippen LogP contribution < -0.4 is 19.8 Å². The van der Waals surface area contributed by atoms with Crippen LogP contribution in [0.15, 0.2) is 109 Å². The van der Waals surface area contributed by atoms with Gasteiger partial charge in [-0.15, -0.1) is 0 Å². The van der Waals surface area contributed by atoms with E-state index in [9.17, 15) is 28.8 Å². The zero-order chi connectivity index (χ0) is 52.3. The summed E-state index contributed by atoms with van der Waals surface area (Å²) < 4.78 is 74.4. The van der Waals surface area contributed by atoms with Crippen molar-refractivity contribution in [3.05, 3.63) is 120 Å². The predicted molar refractivity (Wildman–Crippen MR) is 259 cm³/mol. The molecule has 0 radical (unpaired) electrons. The molecule has 4 aromatic rings. The van der Waals surface area contributed by atoms with E-state index in [4.69, 9.17) is 56.5 Å². The Bertz CT molecular complexity index is 2440. The van der Waals surface area contributed by atoms with E-state index in [2.05, 4.69) is 20.8 Å². The third kappa shape index (κ3) is 13.4. The van der Waals surface area contributed by atoms with Gasteiger partial charge in [-0.3, -0.25) is 24.0 Å². The number of hydrogen-bond donors (Lipinski definition) is 0. The van der Waals surface area contributed by atoms with E-state index < -0.39 is 117 Å². The Kier molecular flexibility index (Phi) is 18.4. The van der Waals surface area contributed by atoms with Crippen molar-refractivity contribution in [2.75, 3.05) is 20.3 Å². The first-order valence-corrected chi connectivity index (χ1v) is 25.2. The first-order chi connectivity index (χ1) is 34.2. The van der Waals surface area contributed by atoms with Crippen molar-refractivity contribution >= 4 is 54.5 Å². The Balaban J connectivity index is 1.57. The van der Waals surface area contributed by atoms with Crippen molar-refractivity contribution in [1.82, 2.24) is 0 Å². The van der Waals surface area contributed by atoms with Crippen LogP contribution in [0, 0.1) is 6.92 Å². The van der Waals surface area contributed by atoms with Crippen molar-refractivity contribution in [1.29, 1.82) is 0 Å². The van der Waals surface area contributed by atoms with Crippen LogP contribution >= 0.6 is 0 Å². The van der Waals surface area contributed by atoms with Crippen LogP contribution in [0.25, 0.3) is 0 Å². The van der Waals surface area contributed by atoms with Gasteiger partial charge in [0.05, 0.1) is 19.3 Å². The molecule has 2 aliphatic heterocycles. The van der Waals surface area contributed by atoms with Crippen LogP contribution in [0.1, 0.15) is 71.3 Å². The fraction of sp³-hybridized carbons (Fsp3) is 0.434. The number of esters is 6. The maximum absolute atomic E-state index is 14.5. The lowest BCUT2D eigenvalue weighted by atomic mass is 9.96. The van der Waals surface area contributed by atoms with Crippen molar-refractivity contribution in [3.63, 3.8) is 0 Å².